The molecular weight excluding hydrogens is 627 g/mol. The Kier molecular flexibility index (Phi) is 10.9. The molecule has 2 aliphatic heterocycles. The topological polar surface area (TPSA) is 123 Å². The summed E-state index contributed by atoms with van der Waals surface area (Å²) in [5, 5.41) is 16.0. The molecule has 0 spiro atoms. The van der Waals surface area contributed by atoms with Crippen molar-refractivity contribution >= 4 is 18.0 Å². The summed E-state index contributed by atoms with van der Waals surface area (Å²) in [6, 6.07) is 0.930. The zero-order chi connectivity index (χ0) is 34.6. The fraction of sp³-hybridized carbons (Fsp3) is 0.636. The van der Waals surface area contributed by atoms with Gasteiger partial charge in [-0.3, -0.25) is 0 Å². The maximum atomic E-state index is 14.9. The van der Waals surface area contributed by atoms with E-state index >= 15 is 0 Å². The number of hydrogen-bond donors (Lipinski definition) is 1. The summed E-state index contributed by atoms with van der Waals surface area (Å²) in [6.07, 6.45) is 7.24. The summed E-state index contributed by atoms with van der Waals surface area (Å²) in [5.41, 5.74) is -0.817. The fourth-order valence-electron chi connectivity index (χ4n) is 6.44. The van der Waals surface area contributed by atoms with Crippen LogP contribution < -0.4 is 19.9 Å². The maximum Gasteiger partial charge on any atom is 0.407 e. The molecule has 12 nitrogen and oxygen atoms in total. The Balaban J connectivity index is 1.19. The second-order valence-corrected chi connectivity index (χ2v) is 13.7. The van der Waals surface area contributed by atoms with Gasteiger partial charge in [-0.15, -0.1) is 5.10 Å². The molecular formula is C33H46F3N9O3. The van der Waals surface area contributed by atoms with Crippen LogP contribution in [0.1, 0.15) is 91.2 Å². The van der Waals surface area contributed by atoms with Crippen molar-refractivity contribution in [3.8, 4) is 5.75 Å². The first-order chi connectivity index (χ1) is 22.8. The smallest absolute Gasteiger partial charge is 0.407 e. The van der Waals surface area contributed by atoms with Gasteiger partial charge in [-0.2, -0.15) is 4.80 Å². The average Bonchev–Trinajstić information content (AvgIpc) is 3.69. The molecule has 0 bridgehead atoms. The molecule has 0 aliphatic carbocycles. The predicted molar refractivity (Wildman–Crippen MR) is 174 cm³/mol. The van der Waals surface area contributed by atoms with E-state index in [0.717, 1.165) is 51.3 Å². The first kappa shape index (κ1) is 35.1. The average molecular weight is 674 g/mol. The van der Waals surface area contributed by atoms with E-state index in [1.54, 1.807) is 42.9 Å². The third-order valence-electron chi connectivity index (χ3n) is 9.00. The molecule has 2 saturated heterocycles. The van der Waals surface area contributed by atoms with Crippen LogP contribution in [-0.2, 0) is 4.74 Å². The Morgan fingerprint density at radius 2 is 1.69 bits per heavy atom. The minimum Gasteiger partial charge on any atom is -0.487 e. The van der Waals surface area contributed by atoms with Crippen LogP contribution in [0.2, 0.25) is 0 Å². The fourth-order valence-corrected chi connectivity index (χ4v) is 6.44. The summed E-state index contributed by atoms with van der Waals surface area (Å²) < 4.78 is 54.4. The Labute approximate surface area is 279 Å². The number of nitrogens with one attached hydrogen (secondary N) is 1. The molecule has 4 unspecified atom stereocenters. The highest BCUT2D eigenvalue weighted by atomic mass is 19.2. The number of benzene rings is 1. The number of alkyl carbamates (subject to hydrolysis) is 1. The summed E-state index contributed by atoms with van der Waals surface area (Å²) >= 11 is 0. The third-order valence-corrected chi connectivity index (χ3v) is 9.00. The number of anilines is 2. The van der Waals surface area contributed by atoms with Crippen LogP contribution in [0.5, 0.6) is 5.75 Å². The number of piperidine rings is 1. The molecule has 2 fully saturated rings. The molecule has 5 rings (SSSR count). The van der Waals surface area contributed by atoms with E-state index < -0.39 is 41.1 Å². The Hall–Kier alpha value is -4.17. The molecule has 3 aromatic rings. The molecule has 4 atom stereocenters. The van der Waals surface area contributed by atoms with Gasteiger partial charge >= 0.3 is 6.09 Å². The van der Waals surface area contributed by atoms with Gasteiger partial charge in [0.2, 0.25) is 5.95 Å². The SMILES string of the molecule is CCCC(CC)n1nnc(N2CCC(C(C)Oc3cnc(N4CC(NC(=O)OC(C)(C)C)C(c5cc(F)c(F)cc5F)C4)nc3)CC2)n1. The van der Waals surface area contributed by atoms with Crippen LogP contribution in [0.3, 0.4) is 0 Å². The molecule has 2 aliphatic rings. The lowest BCUT2D eigenvalue weighted by atomic mass is 9.92. The second kappa shape index (κ2) is 14.9. The van der Waals surface area contributed by atoms with Gasteiger partial charge in [-0.25, -0.2) is 27.9 Å². The van der Waals surface area contributed by atoms with Crippen molar-refractivity contribution in [2.45, 2.75) is 103 Å². The Bertz CT molecular complexity index is 1530. The van der Waals surface area contributed by atoms with Gasteiger partial charge in [0, 0.05) is 38.2 Å². The highest BCUT2D eigenvalue weighted by Gasteiger charge is 2.39. The van der Waals surface area contributed by atoms with Gasteiger partial charge in [0.05, 0.1) is 30.6 Å². The normalized spacial score (nSPS) is 20.1. The Morgan fingerprint density at radius 1 is 1.00 bits per heavy atom. The van der Waals surface area contributed by atoms with E-state index in [2.05, 4.69) is 49.4 Å². The zero-order valence-electron chi connectivity index (χ0n) is 28.5. The van der Waals surface area contributed by atoms with Crippen molar-refractivity contribution < 1.29 is 27.4 Å². The number of hydrogen-bond acceptors (Lipinski definition) is 10. The molecule has 1 amide bonds. The van der Waals surface area contributed by atoms with Gasteiger partial charge in [0.15, 0.2) is 17.4 Å². The van der Waals surface area contributed by atoms with E-state index in [1.165, 1.54) is 0 Å². The van der Waals surface area contributed by atoms with E-state index in [4.69, 9.17) is 9.47 Å². The molecule has 0 radical (unpaired) electrons. The van der Waals surface area contributed by atoms with Crippen LogP contribution >= 0.6 is 0 Å². The molecule has 0 saturated carbocycles. The maximum absolute atomic E-state index is 14.9. The number of nitrogens with zero attached hydrogens (tertiary/aromatic N) is 8. The monoisotopic (exact) mass is 673 g/mol. The van der Waals surface area contributed by atoms with Gasteiger partial charge in [-0.1, -0.05) is 25.4 Å². The van der Waals surface area contributed by atoms with Crippen molar-refractivity contribution in [2.24, 2.45) is 5.92 Å². The van der Waals surface area contributed by atoms with Gasteiger partial charge < -0.3 is 24.6 Å². The van der Waals surface area contributed by atoms with Crippen molar-refractivity contribution in [1.29, 1.82) is 0 Å². The Morgan fingerprint density at radius 3 is 2.33 bits per heavy atom. The lowest BCUT2D eigenvalue weighted by Crippen LogP contribution is -2.43. The van der Waals surface area contributed by atoms with E-state index in [0.29, 0.717) is 29.6 Å². The first-order valence-corrected chi connectivity index (χ1v) is 16.8. The number of ether oxygens (including phenoxy) is 2. The number of carbonyl (C=O) groups is 1. The summed E-state index contributed by atoms with van der Waals surface area (Å²) in [4.78, 5) is 27.3. The van der Waals surface area contributed by atoms with E-state index in [1.807, 2.05) is 6.92 Å². The summed E-state index contributed by atoms with van der Waals surface area (Å²) in [5.74, 6) is -2.26. The number of amides is 1. The molecule has 48 heavy (non-hydrogen) atoms. The van der Waals surface area contributed by atoms with Crippen molar-refractivity contribution in [3.05, 3.63) is 47.5 Å². The number of aromatic nitrogens is 6. The van der Waals surface area contributed by atoms with Crippen LogP contribution in [0.4, 0.5) is 29.9 Å². The van der Waals surface area contributed by atoms with Crippen LogP contribution in [0.25, 0.3) is 0 Å². The molecule has 262 valence electrons. The number of tetrazole rings is 1. The largest absolute Gasteiger partial charge is 0.487 e. The molecule has 1 N–H and O–H groups in total. The standard InChI is InChI=1S/C33H46F3N9O3/c1-7-9-22(8-2)45-41-31(40-42-45)43-12-10-21(11-13-43)20(3)47-23-16-37-30(38-17-23)44-18-25(24-14-27(35)28(36)15-26(24)34)29(19-44)39-32(46)48-33(4,5)6/h14-17,20-22,25,29H,7-13,18-19H2,1-6H3,(H,39,46). The van der Waals surface area contributed by atoms with Crippen LogP contribution in [0, 0.1) is 23.4 Å². The van der Waals surface area contributed by atoms with Crippen molar-refractivity contribution in [3.63, 3.8) is 0 Å². The zero-order valence-corrected chi connectivity index (χ0v) is 28.5. The van der Waals surface area contributed by atoms with Gasteiger partial charge in [-0.05, 0) is 76.1 Å². The van der Waals surface area contributed by atoms with E-state index in [9.17, 15) is 18.0 Å². The third kappa shape index (κ3) is 8.45. The summed E-state index contributed by atoms with van der Waals surface area (Å²) in [7, 11) is 0. The quantitative estimate of drug-likeness (QED) is 0.250. The van der Waals surface area contributed by atoms with Crippen molar-refractivity contribution in [2.75, 3.05) is 36.0 Å². The molecule has 15 heteroatoms. The number of halogens is 3. The van der Waals surface area contributed by atoms with Gasteiger partial charge in [0.1, 0.15) is 11.4 Å². The highest BCUT2D eigenvalue weighted by Crippen LogP contribution is 2.33. The van der Waals surface area contributed by atoms with Crippen LogP contribution in [0.15, 0.2) is 24.5 Å². The summed E-state index contributed by atoms with van der Waals surface area (Å²) in [6.45, 7) is 13.5. The molecule has 2 aromatic heterocycles. The van der Waals surface area contributed by atoms with E-state index in [-0.39, 0.29) is 30.8 Å². The molecule has 1 aromatic carbocycles. The molecule has 4 heterocycles. The predicted octanol–water partition coefficient (Wildman–Crippen LogP) is 5.81. The van der Waals surface area contributed by atoms with Gasteiger partial charge in [0.25, 0.3) is 5.95 Å². The number of rotatable bonds is 11. The first-order valence-electron chi connectivity index (χ1n) is 16.8. The van der Waals surface area contributed by atoms with Crippen molar-refractivity contribution in [1.82, 2.24) is 35.5 Å². The minimum atomic E-state index is -1.28. The lowest BCUT2D eigenvalue weighted by molar-refractivity contribution is 0.0504. The number of carbonyl (C=O) groups excluding carboxylic acids is 1. The van der Waals surface area contributed by atoms with Crippen LogP contribution in [-0.4, -0.2) is 80.2 Å². The highest BCUT2D eigenvalue weighted by molar-refractivity contribution is 5.68. The minimum absolute atomic E-state index is 0.0562. The lowest BCUT2D eigenvalue weighted by Gasteiger charge is -2.34. The second-order valence-electron chi connectivity index (χ2n) is 13.7.